The van der Waals surface area contributed by atoms with Crippen molar-refractivity contribution < 1.29 is 13.9 Å². The normalized spacial score (nSPS) is 14.8. The molecular weight excluding hydrogens is 433 g/mol. The van der Waals surface area contributed by atoms with Crippen molar-refractivity contribution >= 4 is 44.4 Å². The minimum Gasteiger partial charge on any atom is -0.379 e. The van der Waals surface area contributed by atoms with E-state index in [4.69, 9.17) is 4.74 Å². The number of amides is 1. The van der Waals surface area contributed by atoms with E-state index < -0.39 is 0 Å². The number of aromatic nitrogens is 1. The first kappa shape index (κ1) is 22.2. The van der Waals surface area contributed by atoms with Crippen molar-refractivity contribution in [1.82, 2.24) is 9.88 Å². The number of hydrogen-bond donors (Lipinski definition) is 0. The van der Waals surface area contributed by atoms with Gasteiger partial charge in [0.05, 0.1) is 23.4 Å². The quantitative estimate of drug-likeness (QED) is 0.448. The average molecular weight is 460 g/mol. The summed E-state index contributed by atoms with van der Waals surface area (Å²) in [4.78, 5) is 23.3. The number of rotatable bonds is 8. The molecular formula is C23H26FN3O2S2. The zero-order valence-corrected chi connectivity index (χ0v) is 19.2. The van der Waals surface area contributed by atoms with Crippen LogP contribution in [-0.4, -0.2) is 60.9 Å². The van der Waals surface area contributed by atoms with Crippen LogP contribution in [0, 0.1) is 5.82 Å². The third-order valence-electron chi connectivity index (χ3n) is 5.17. The fourth-order valence-corrected chi connectivity index (χ4v) is 5.34. The van der Waals surface area contributed by atoms with Crippen LogP contribution in [0.15, 0.2) is 47.4 Å². The maximum absolute atomic E-state index is 13.7. The van der Waals surface area contributed by atoms with Crippen LogP contribution in [0.5, 0.6) is 0 Å². The molecule has 0 aliphatic carbocycles. The van der Waals surface area contributed by atoms with Gasteiger partial charge in [-0.2, -0.15) is 0 Å². The molecule has 2 aromatic carbocycles. The minimum atomic E-state index is -0.294. The molecule has 1 amide bonds. The van der Waals surface area contributed by atoms with Gasteiger partial charge < -0.3 is 4.74 Å². The molecule has 1 aliphatic rings. The van der Waals surface area contributed by atoms with E-state index >= 15 is 0 Å². The van der Waals surface area contributed by atoms with Gasteiger partial charge in [-0.3, -0.25) is 14.6 Å². The van der Waals surface area contributed by atoms with Crippen LogP contribution in [0.4, 0.5) is 9.52 Å². The number of halogens is 1. The molecule has 1 aliphatic heterocycles. The Morgan fingerprint density at radius 3 is 2.90 bits per heavy atom. The van der Waals surface area contributed by atoms with Crippen LogP contribution in [0.1, 0.15) is 23.7 Å². The summed E-state index contributed by atoms with van der Waals surface area (Å²) in [7, 11) is 0. The molecule has 0 atom stereocenters. The third-order valence-corrected chi connectivity index (χ3v) is 7.08. The maximum atomic E-state index is 13.7. The maximum Gasteiger partial charge on any atom is 0.260 e. The van der Waals surface area contributed by atoms with Crippen LogP contribution >= 0.6 is 23.1 Å². The summed E-state index contributed by atoms with van der Waals surface area (Å²) in [5.74, 6) is 0.585. The van der Waals surface area contributed by atoms with Gasteiger partial charge in [0.2, 0.25) is 0 Å². The fourth-order valence-electron chi connectivity index (χ4n) is 3.60. The van der Waals surface area contributed by atoms with Gasteiger partial charge in [-0.15, -0.1) is 11.8 Å². The van der Waals surface area contributed by atoms with Crippen molar-refractivity contribution in [2.75, 3.05) is 50.0 Å². The second-order valence-electron chi connectivity index (χ2n) is 7.33. The van der Waals surface area contributed by atoms with Crippen LogP contribution in [-0.2, 0) is 4.74 Å². The summed E-state index contributed by atoms with van der Waals surface area (Å²) in [5.41, 5.74) is 1.36. The average Bonchev–Trinajstić information content (AvgIpc) is 3.20. The lowest BCUT2D eigenvalue weighted by atomic mass is 10.2. The molecule has 1 aromatic heterocycles. The first-order chi connectivity index (χ1) is 15.1. The summed E-state index contributed by atoms with van der Waals surface area (Å²) < 4.78 is 19.8. The summed E-state index contributed by atoms with van der Waals surface area (Å²) in [6.07, 6.45) is 0.833. The number of thioether (sulfide) groups is 1. The molecule has 31 heavy (non-hydrogen) atoms. The van der Waals surface area contributed by atoms with Gasteiger partial charge >= 0.3 is 0 Å². The monoisotopic (exact) mass is 459 g/mol. The first-order valence-electron chi connectivity index (χ1n) is 10.5. The van der Waals surface area contributed by atoms with Gasteiger partial charge in [-0.1, -0.05) is 24.3 Å². The van der Waals surface area contributed by atoms with Crippen molar-refractivity contribution in [1.29, 1.82) is 0 Å². The Hall–Kier alpha value is -2.00. The first-order valence-corrected chi connectivity index (χ1v) is 12.3. The number of thiazole rings is 1. The second-order valence-corrected chi connectivity index (χ2v) is 9.68. The summed E-state index contributed by atoms with van der Waals surface area (Å²) >= 11 is 3.07. The molecule has 0 spiro atoms. The van der Waals surface area contributed by atoms with E-state index in [1.54, 1.807) is 22.7 Å². The van der Waals surface area contributed by atoms with E-state index in [-0.39, 0.29) is 11.7 Å². The molecule has 0 bridgehead atoms. The van der Waals surface area contributed by atoms with Crippen LogP contribution in [0.3, 0.4) is 0 Å². The molecule has 0 N–H and O–H groups in total. The zero-order valence-electron chi connectivity index (χ0n) is 17.6. The van der Waals surface area contributed by atoms with Crippen LogP contribution in [0.25, 0.3) is 10.2 Å². The van der Waals surface area contributed by atoms with Crippen molar-refractivity contribution in [3.05, 3.63) is 53.8 Å². The lowest BCUT2D eigenvalue weighted by Crippen LogP contribution is -2.39. The molecule has 0 saturated carbocycles. The highest BCUT2D eigenvalue weighted by atomic mass is 32.2. The molecule has 5 nitrogen and oxygen atoms in total. The van der Waals surface area contributed by atoms with Crippen molar-refractivity contribution in [2.24, 2.45) is 0 Å². The van der Waals surface area contributed by atoms with E-state index in [1.165, 1.54) is 23.5 Å². The highest BCUT2D eigenvalue weighted by Gasteiger charge is 2.22. The lowest BCUT2D eigenvalue weighted by Gasteiger charge is -2.27. The van der Waals surface area contributed by atoms with Gasteiger partial charge in [-0.05, 0) is 48.6 Å². The number of carbonyl (C=O) groups is 1. The van der Waals surface area contributed by atoms with Crippen molar-refractivity contribution in [3.8, 4) is 0 Å². The predicted molar refractivity (Wildman–Crippen MR) is 126 cm³/mol. The summed E-state index contributed by atoms with van der Waals surface area (Å²) in [6, 6.07) is 12.3. The molecule has 1 fully saturated rings. The standard InChI is InChI=1S/C23H26FN3O2S2/c1-2-30-19-6-3-5-17(15-19)22(28)27(10-4-9-26-11-13-29-14-12-26)23-25-20-8-7-18(24)16-21(20)31-23/h3,5-8,15-16H,2,4,9-14H2,1H3. The molecule has 1 saturated heterocycles. The van der Waals surface area contributed by atoms with Gasteiger partial charge in [0.25, 0.3) is 5.91 Å². The Morgan fingerprint density at radius 2 is 2.10 bits per heavy atom. The Bertz CT molecular complexity index is 1040. The van der Waals surface area contributed by atoms with E-state index in [1.807, 2.05) is 24.3 Å². The molecule has 3 aromatic rings. The van der Waals surface area contributed by atoms with Crippen LogP contribution < -0.4 is 4.90 Å². The predicted octanol–water partition coefficient (Wildman–Crippen LogP) is 4.92. The fraction of sp³-hybridized carbons (Fsp3) is 0.391. The molecule has 2 heterocycles. The number of morpholine rings is 1. The SMILES string of the molecule is CCSc1cccc(C(=O)N(CCCN2CCOCC2)c2nc3ccc(F)cc3s2)c1. The lowest BCUT2D eigenvalue weighted by molar-refractivity contribution is 0.0376. The Morgan fingerprint density at radius 1 is 1.26 bits per heavy atom. The van der Waals surface area contributed by atoms with Gasteiger partial charge in [-0.25, -0.2) is 9.37 Å². The molecule has 0 unspecified atom stereocenters. The molecule has 4 rings (SSSR count). The van der Waals surface area contributed by atoms with Crippen molar-refractivity contribution in [2.45, 2.75) is 18.2 Å². The zero-order chi connectivity index (χ0) is 21.6. The third kappa shape index (κ3) is 5.63. The number of fused-ring (bicyclic) bond motifs is 1. The van der Waals surface area contributed by atoms with E-state index in [2.05, 4.69) is 16.8 Å². The number of ether oxygens (including phenoxy) is 1. The second kappa shape index (κ2) is 10.5. The van der Waals surface area contributed by atoms with E-state index in [9.17, 15) is 9.18 Å². The van der Waals surface area contributed by atoms with Crippen LogP contribution in [0.2, 0.25) is 0 Å². The molecule has 164 valence electrons. The number of nitrogens with zero attached hydrogens (tertiary/aromatic N) is 3. The summed E-state index contributed by atoms with van der Waals surface area (Å²) in [6.45, 7) is 6.91. The Kier molecular flexibility index (Phi) is 7.55. The van der Waals surface area contributed by atoms with Crippen molar-refractivity contribution in [3.63, 3.8) is 0 Å². The smallest absolute Gasteiger partial charge is 0.260 e. The number of anilines is 1. The van der Waals surface area contributed by atoms with E-state index in [0.717, 1.165) is 54.6 Å². The molecule has 8 heteroatoms. The highest BCUT2D eigenvalue weighted by Crippen LogP contribution is 2.31. The van der Waals surface area contributed by atoms with Gasteiger partial charge in [0.15, 0.2) is 5.13 Å². The molecule has 0 radical (unpaired) electrons. The van der Waals surface area contributed by atoms with Gasteiger partial charge in [0, 0.05) is 36.6 Å². The summed E-state index contributed by atoms with van der Waals surface area (Å²) in [5, 5.41) is 0.612. The Balaban J connectivity index is 1.57. The minimum absolute atomic E-state index is 0.0694. The number of benzene rings is 2. The topological polar surface area (TPSA) is 45.7 Å². The highest BCUT2D eigenvalue weighted by molar-refractivity contribution is 7.99. The van der Waals surface area contributed by atoms with E-state index in [0.29, 0.717) is 22.8 Å². The largest absolute Gasteiger partial charge is 0.379 e. The van der Waals surface area contributed by atoms with Gasteiger partial charge in [0.1, 0.15) is 5.82 Å². The number of hydrogen-bond acceptors (Lipinski definition) is 6. The Labute approximate surface area is 190 Å². The number of carbonyl (C=O) groups excluding carboxylic acids is 1.